The highest BCUT2D eigenvalue weighted by molar-refractivity contribution is 6.28. The Morgan fingerprint density at radius 3 is 2.72 bits per heavy atom. The summed E-state index contributed by atoms with van der Waals surface area (Å²) in [5, 5.41) is 13.9. The maximum absolute atomic E-state index is 11.1. The van der Waals surface area contributed by atoms with Crippen LogP contribution in [0.2, 0.25) is 5.28 Å². The van der Waals surface area contributed by atoms with Crippen molar-refractivity contribution in [3.05, 3.63) is 81.8 Å². The summed E-state index contributed by atoms with van der Waals surface area (Å²) in [6, 6.07) is 16.8. The van der Waals surface area contributed by atoms with E-state index in [1.165, 1.54) is 0 Å². The number of halogens is 1. The number of nitrogens with zero attached hydrogens (tertiary/aromatic N) is 3. The van der Waals surface area contributed by atoms with Crippen LogP contribution in [0.3, 0.4) is 0 Å². The summed E-state index contributed by atoms with van der Waals surface area (Å²) in [6.45, 7) is 0.420. The van der Waals surface area contributed by atoms with E-state index < -0.39 is 4.92 Å². The van der Waals surface area contributed by atoms with Gasteiger partial charge < -0.3 is 10.1 Å². The third-order valence-corrected chi connectivity index (χ3v) is 3.46. The number of hydrogen-bond acceptors (Lipinski definition) is 6. The van der Waals surface area contributed by atoms with Gasteiger partial charge in [-0.15, -0.1) is 0 Å². The lowest BCUT2D eigenvalue weighted by atomic mass is 10.2. The van der Waals surface area contributed by atoms with Crippen molar-refractivity contribution in [3.63, 3.8) is 0 Å². The van der Waals surface area contributed by atoms with Gasteiger partial charge in [-0.25, -0.2) is 4.98 Å². The molecule has 8 heteroatoms. The minimum absolute atomic E-state index is 0.0187. The first-order chi connectivity index (χ1) is 12.1. The van der Waals surface area contributed by atoms with Crippen molar-refractivity contribution in [2.24, 2.45) is 0 Å². The van der Waals surface area contributed by atoms with Crippen molar-refractivity contribution in [1.29, 1.82) is 0 Å². The topological polar surface area (TPSA) is 90.2 Å². The zero-order chi connectivity index (χ0) is 17.6. The Morgan fingerprint density at radius 2 is 1.96 bits per heavy atom. The maximum Gasteiger partial charge on any atom is 0.329 e. The number of rotatable bonds is 6. The lowest BCUT2D eigenvalue weighted by molar-refractivity contribution is -0.384. The molecule has 0 amide bonds. The van der Waals surface area contributed by atoms with E-state index in [2.05, 4.69) is 15.3 Å². The Morgan fingerprint density at radius 1 is 1.16 bits per heavy atom. The van der Waals surface area contributed by atoms with Crippen molar-refractivity contribution in [2.45, 2.75) is 6.61 Å². The molecule has 7 nitrogen and oxygen atoms in total. The third-order valence-electron chi connectivity index (χ3n) is 3.28. The molecule has 3 aromatic rings. The molecule has 0 bridgehead atoms. The van der Waals surface area contributed by atoms with Gasteiger partial charge in [0.25, 0.3) is 0 Å². The summed E-state index contributed by atoms with van der Waals surface area (Å²) < 4.78 is 5.74. The van der Waals surface area contributed by atoms with Gasteiger partial charge in [0, 0.05) is 11.8 Å². The van der Waals surface area contributed by atoms with Crippen molar-refractivity contribution in [2.75, 3.05) is 5.32 Å². The number of benzene rings is 2. The highest BCUT2D eigenvalue weighted by Gasteiger charge is 2.17. The van der Waals surface area contributed by atoms with Gasteiger partial charge in [0.15, 0.2) is 0 Å². The number of nitrogens with one attached hydrogen (secondary N) is 1. The molecule has 126 valence electrons. The first kappa shape index (κ1) is 16.7. The second kappa shape index (κ2) is 7.59. The highest BCUT2D eigenvalue weighted by Crippen LogP contribution is 2.27. The second-order valence-corrected chi connectivity index (χ2v) is 5.40. The molecule has 0 aliphatic rings. The first-order valence-electron chi connectivity index (χ1n) is 7.32. The normalized spacial score (nSPS) is 10.3. The van der Waals surface area contributed by atoms with Gasteiger partial charge in [0.05, 0.1) is 4.92 Å². The standard InChI is InChI=1S/C17H13ClN4O3/c18-17-19-10-15(22(23)24)16(21-17)20-13-7-4-8-14(9-13)25-11-12-5-2-1-3-6-12/h1-10H,11H2,(H,19,20,21). The van der Waals surface area contributed by atoms with Crippen LogP contribution in [-0.2, 0) is 6.61 Å². The molecule has 0 fully saturated rings. The number of anilines is 2. The number of aromatic nitrogens is 2. The van der Waals surface area contributed by atoms with Crippen molar-refractivity contribution >= 4 is 28.8 Å². The molecule has 3 rings (SSSR count). The van der Waals surface area contributed by atoms with Crippen LogP contribution >= 0.6 is 11.6 Å². The molecule has 0 aliphatic heterocycles. The molecule has 0 unspecified atom stereocenters. The second-order valence-electron chi connectivity index (χ2n) is 5.06. The first-order valence-corrected chi connectivity index (χ1v) is 7.70. The molecule has 0 saturated carbocycles. The molecule has 0 aliphatic carbocycles. The van der Waals surface area contributed by atoms with E-state index in [0.29, 0.717) is 18.0 Å². The smallest absolute Gasteiger partial charge is 0.329 e. The molecule has 1 aromatic heterocycles. The van der Waals surface area contributed by atoms with Crippen LogP contribution in [0.25, 0.3) is 0 Å². The average Bonchev–Trinajstić information content (AvgIpc) is 2.61. The van der Waals surface area contributed by atoms with Crippen LogP contribution in [-0.4, -0.2) is 14.9 Å². The third kappa shape index (κ3) is 4.42. The Labute approximate surface area is 148 Å². The Balaban J connectivity index is 1.76. The minimum Gasteiger partial charge on any atom is -0.489 e. The van der Waals surface area contributed by atoms with Gasteiger partial charge in [0.1, 0.15) is 18.6 Å². The SMILES string of the molecule is O=[N+]([O-])c1cnc(Cl)nc1Nc1cccc(OCc2ccccc2)c1. The number of hydrogen-bond donors (Lipinski definition) is 1. The fourth-order valence-electron chi connectivity index (χ4n) is 2.12. The average molecular weight is 357 g/mol. The summed E-state index contributed by atoms with van der Waals surface area (Å²) in [5.41, 5.74) is 1.36. The van der Waals surface area contributed by atoms with Crippen LogP contribution in [0.5, 0.6) is 5.75 Å². The van der Waals surface area contributed by atoms with E-state index in [1.54, 1.807) is 24.3 Å². The Hall–Kier alpha value is -3.19. The molecule has 0 radical (unpaired) electrons. The molecule has 0 atom stereocenters. The van der Waals surface area contributed by atoms with E-state index in [-0.39, 0.29) is 16.8 Å². The van der Waals surface area contributed by atoms with Gasteiger partial charge in [0.2, 0.25) is 11.1 Å². The van der Waals surface area contributed by atoms with Gasteiger partial charge in [-0.2, -0.15) is 4.98 Å². The van der Waals surface area contributed by atoms with Gasteiger partial charge in [-0.1, -0.05) is 36.4 Å². The van der Waals surface area contributed by atoms with Crippen molar-refractivity contribution in [1.82, 2.24) is 9.97 Å². The zero-order valence-electron chi connectivity index (χ0n) is 12.9. The molecular weight excluding hydrogens is 344 g/mol. The predicted octanol–water partition coefficient (Wildman–Crippen LogP) is 4.36. The van der Waals surface area contributed by atoms with Crippen LogP contribution < -0.4 is 10.1 Å². The van der Waals surface area contributed by atoms with Crippen LogP contribution in [0, 0.1) is 10.1 Å². The van der Waals surface area contributed by atoms with Gasteiger partial charge in [-0.3, -0.25) is 10.1 Å². The molecule has 1 N–H and O–H groups in total. The molecule has 25 heavy (non-hydrogen) atoms. The Kier molecular flexibility index (Phi) is 5.06. The fraction of sp³-hybridized carbons (Fsp3) is 0.0588. The van der Waals surface area contributed by atoms with Crippen LogP contribution in [0.1, 0.15) is 5.56 Å². The van der Waals surface area contributed by atoms with Crippen LogP contribution in [0.15, 0.2) is 60.8 Å². The Bertz CT molecular complexity index is 890. The summed E-state index contributed by atoms with van der Waals surface area (Å²) in [7, 11) is 0. The summed E-state index contributed by atoms with van der Waals surface area (Å²) in [6.07, 6.45) is 1.06. The molecule has 0 spiro atoms. The van der Waals surface area contributed by atoms with Crippen molar-refractivity contribution < 1.29 is 9.66 Å². The summed E-state index contributed by atoms with van der Waals surface area (Å²) in [4.78, 5) is 18.0. The fourth-order valence-corrected chi connectivity index (χ4v) is 2.25. The molecular formula is C17H13ClN4O3. The van der Waals surface area contributed by atoms with E-state index in [0.717, 1.165) is 11.8 Å². The number of ether oxygens (including phenoxy) is 1. The predicted molar refractivity (Wildman–Crippen MR) is 94.2 cm³/mol. The van der Waals surface area contributed by atoms with E-state index in [9.17, 15) is 10.1 Å². The van der Waals surface area contributed by atoms with E-state index >= 15 is 0 Å². The largest absolute Gasteiger partial charge is 0.489 e. The molecule has 1 heterocycles. The monoisotopic (exact) mass is 356 g/mol. The lowest BCUT2D eigenvalue weighted by Gasteiger charge is -2.10. The quantitative estimate of drug-likeness (QED) is 0.401. The van der Waals surface area contributed by atoms with E-state index in [4.69, 9.17) is 16.3 Å². The number of nitro groups is 1. The van der Waals surface area contributed by atoms with E-state index in [1.807, 2.05) is 30.3 Å². The van der Waals surface area contributed by atoms with Gasteiger partial charge in [-0.05, 0) is 29.3 Å². The minimum atomic E-state index is -0.575. The highest BCUT2D eigenvalue weighted by atomic mass is 35.5. The maximum atomic E-state index is 11.1. The molecule has 2 aromatic carbocycles. The lowest BCUT2D eigenvalue weighted by Crippen LogP contribution is -2.01. The van der Waals surface area contributed by atoms with Crippen molar-refractivity contribution in [3.8, 4) is 5.75 Å². The van der Waals surface area contributed by atoms with Gasteiger partial charge >= 0.3 is 5.69 Å². The molecule has 0 saturated heterocycles. The summed E-state index contributed by atoms with van der Waals surface area (Å²) >= 11 is 5.73. The summed E-state index contributed by atoms with van der Waals surface area (Å²) in [5.74, 6) is 0.641. The zero-order valence-corrected chi connectivity index (χ0v) is 13.7. The van der Waals surface area contributed by atoms with Crippen LogP contribution in [0.4, 0.5) is 17.2 Å².